The van der Waals surface area contributed by atoms with E-state index in [0.29, 0.717) is 5.92 Å². The van der Waals surface area contributed by atoms with Crippen LogP contribution in [0.3, 0.4) is 0 Å². The van der Waals surface area contributed by atoms with Gasteiger partial charge < -0.3 is 9.47 Å². The number of anilines is 3. The summed E-state index contributed by atoms with van der Waals surface area (Å²) in [4.78, 5) is 2.44. The van der Waals surface area contributed by atoms with Crippen LogP contribution in [-0.2, 0) is 5.41 Å². The highest BCUT2D eigenvalue weighted by molar-refractivity contribution is 6.11. The van der Waals surface area contributed by atoms with Crippen LogP contribution in [0.5, 0.6) is 0 Å². The van der Waals surface area contributed by atoms with Crippen molar-refractivity contribution in [2.75, 3.05) is 4.90 Å². The summed E-state index contributed by atoms with van der Waals surface area (Å²) in [6.07, 6.45) is 14.7. The second-order valence-electron chi connectivity index (χ2n) is 17.6. The van der Waals surface area contributed by atoms with Gasteiger partial charge in [0.1, 0.15) is 0 Å². The summed E-state index contributed by atoms with van der Waals surface area (Å²) in [7, 11) is 0. The van der Waals surface area contributed by atoms with Gasteiger partial charge in [0, 0.05) is 33.5 Å². The molecule has 306 valence electrons. The molecule has 3 aliphatic rings. The molecule has 0 fully saturated rings. The van der Waals surface area contributed by atoms with Crippen LogP contribution in [0.4, 0.5) is 17.1 Å². The van der Waals surface area contributed by atoms with Crippen molar-refractivity contribution in [1.82, 2.24) is 4.57 Å². The van der Waals surface area contributed by atoms with Gasteiger partial charge in [0.15, 0.2) is 0 Å². The lowest BCUT2D eigenvalue weighted by Crippen LogP contribution is -2.30. The molecule has 2 heteroatoms. The molecule has 12 rings (SSSR count). The molecule has 9 aromatic rings. The average Bonchev–Trinajstić information content (AvgIpc) is 3.85. The Kier molecular flexibility index (Phi) is 9.26. The van der Waals surface area contributed by atoms with Crippen LogP contribution < -0.4 is 4.90 Å². The van der Waals surface area contributed by atoms with Gasteiger partial charge in [0.25, 0.3) is 0 Å². The van der Waals surface area contributed by atoms with E-state index in [1.54, 1.807) is 0 Å². The van der Waals surface area contributed by atoms with Crippen molar-refractivity contribution >= 4 is 50.1 Å². The van der Waals surface area contributed by atoms with Crippen molar-refractivity contribution in [2.24, 2.45) is 5.92 Å². The lowest BCUT2D eigenvalue weighted by atomic mass is 9.66. The van der Waals surface area contributed by atoms with Gasteiger partial charge >= 0.3 is 0 Å². The smallest absolute Gasteiger partial charge is 0.0710 e. The van der Waals surface area contributed by atoms with E-state index in [1.165, 1.54) is 83.2 Å². The van der Waals surface area contributed by atoms with Crippen molar-refractivity contribution in [3.63, 3.8) is 0 Å². The van der Waals surface area contributed by atoms with Gasteiger partial charge in [-0.25, -0.2) is 0 Å². The molecule has 0 spiro atoms. The predicted molar refractivity (Wildman–Crippen MR) is 270 cm³/mol. The lowest BCUT2D eigenvalue weighted by molar-refractivity contribution is 0.718. The highest BCUT2D eigenvalue weighted by Crippen LogP contribution is 2.58. The van der Waals surface area contributed by atoms with E-state index >= 15 is 0 Å². The third-order valence-electron chi connectivity index (χ3n) is 13.9. The van der Waals surface area contributed by atoms with Crippen LogP contribution in [0.1, 0.15) is 48.4 Å². The van der Waals surface area contributed by atoms with E-state index in [4.69, 9.17) is 0 Å². The number of allylic oxidation sites excluding steroid dienone is 8. The molecule has 0 bridgehead atoms. The van der Waals surface area contributed by atoms with E-state index in [2.05, 4.69) is 247 Å². The standard InChI is InChI=1S/C62H48N2/c1-43-26-38-58-56(40-43)54-37-36-53(42-59(54)62(58,48-18-8-3-9-19-48)49-20-10-4-11-21-49)63(51-32-27-45(28-33-51)44-16-6-2-7-17-44)52-34-29-46(30-35-52)47-31-39-61-57(41-47)55-24-14-15-25-60(55)64(61)50-22-12-5-13-23-50/h2-12,14-22,24-39,41-43H,13,23,40H2,1H3. The lowest BCUT2D eigenvalue weighted by Gasteiger charge is -2.36. The highest BCUT2D eigenvalue weighted by Gasteiger charge is 2.48. The monoisotopic (exact) mass is 820 g/mol. The first-order valence-electron chi connectivity index (χ1n) is 22.8. The Labute approximate surface area is 376 Å². The first-order chi connectivity index (χ1) is 31.6. The van der Waals surface area contributed by atoms with Gasteiger partial charge in [-0.2, -0.15) is 0 Å². The number of rotatable bonds is 8. The number of hydrogen-bond donors (Lipinski definition) is 0. The first kappa shape index (κ1) is 38.0. The van der Waals surface area contributed by atoms with Gasteiger partial charge in [-0.3, -0.25) is 0 Å². The summed E-state index contributed by atoms with van der Waals surface area (Å²) in [5, 5.41) is 2.57. The Morgan fingerprint density at radius 2 is 1.11 bits per heavy atom. The Bertz CT molecular complexity index is 3290. The quantitative estimate of drug-likeness (QED) is 0.148. The van der Waals surface area contributed by atoms with Crippen LogP contribution in [0.2, 0.25) is 0 Å². The maximum atomic E-state index is 2.49. The third-order valence-corrected chi connectivity index (χ3v) is 13.9. The fourth-order valence-corrected chi connectivity index (χ4v) is 10.9. The summed E-state index contributed by atoms with van der Waals surface area (Å²) in [6.45, 7) is 2.34. The molecule has 8 aromatic carbocycles. The maximum absolute atomic E-state index is 2.49. The Morgan fingerprint density at radius 3 is 1.78 bits per heavy atom. The van der Waals surface area contributed by atoms with E-state index in [0.717, 1.165) is 36.3 Å². The van der Waals surface area contributed by atoms with E-state index in [-0.39, 0.29) is 0 Å². The molecule has 1 unspecified atom stereocenters. The predicted octanol–water partition coefficient (Wildman–Crippen LogP) is 16.5. The Morgan fingerprint density at radius 1 is 0.531 bits per heavy atom. The fourth-order valence-electron chi connectivity index (χ4n) is 10.9. The number of benzene rings is 8. The molecule has 0 saturated carbocycles. The van der Waals surface area contributed by atoms with E-state index < -0.39 is 5.41 Å². The van der Waals surface area contributed by atoms with Crippen LogP contribution >= 0.6 is 0 Å². The molecule has 2 nitrogen and oxygen atoms in total. The molecule has 0 amide bonds. The molecule has 1 atom stereocenters. The molecule has 64 heavy (non-hydrogen) atoms. The molecular weight excluding hydrogens is 773 g/mol. The van der Waals surface area contributed by atoms with Gasteiger partial charge in [0.2, 0.25) is 0 Å². The number of hydrogen-bond acceptors (Lipinski definition) is 1. The molecule has 0 aliphatic heterocycles. The Hall–Kier alpha value is -7.68. The molecule has 0 N–H and O–H groups in total. The second-order valence-corrected chi connectivity index (χ2v) is 17.6. The van der Waals surface area contributed by atoms with Crippen LogP contribution in [0.25, 0.3) is 55.3 Å². The zero-order valence-electron chi connectivity index (χ0n) is 36.0. The van der Waals surface area contributed by atoms with Crippen molar-refractivity contribution in [3.8, 4) is 22.3 Å². The number of para-hydroxylation sites is 1. The van der Waals surface area contributed by atoms with Crippen LogP contribution in [-0.4, -0.2) is 4.57 Å². The molecule has 3 aliphatic carbocycles. The van der Waals surface area contributed by atoms with Gasteiger partial charge in [-0.1, -0.05) is 177 Å². The second kappa shape index (κ2) is 15.6. The first-order valence-corrected chi connectivity index (χ1v) is 22.8. The van der Waals surface area contributed by atoms with Crippen LogP contribution in [0, 0.1) is 5.92 Å². The minimum Gasteiger partial charge on any atom is -0.313 e. The van der Waals surface area contributed by atoms with Crippen LogP contribution in [0.15, 0.2) is 236 Å². The number of nitrogens with zero attached hydrogens (tertiary/aromatic N) is 2. The summed E-state index contributed by atoms with van der Waals surface area (Å²) >= 11 is 0. The normalized spacial score (nSPS) is 16.2. The minimum absolute atomic E-state index is 0.460. The highest BCUT2D eigenvalue weighted by atomic mass is 15.1. The fraction of sp³-hybridized carbons (Fsp3) is 0.0968. The minimum atomic E-state index is -0.460. The zero-order chi connectivity index (χ0) is 42.6. The SMILES string of the molecule is CC1C=CC2=C(C1)c1ccc(N(c3ccc(-c4ccccc4)cc3)c3ccc(-c4ccc5c(c4)c4ccccc4n5C4=CC=CCC4)cc3)cc1C2(c1ccccc1)c1ccccc1. The molecule has 1 aromatic heterocycles. The van der Waals surface area contributed by atoms with Gasteiger partial charge in [-0.05, 0) is 142 Å². The summed E-state index contributed by atoms with van der Waals surface area (Å²) in [6, 6.07) is 74.4. The van der Waals surface area contributed by atoms with Gasteiger partial charge in [-0.15, -0.1) is 0 Å². The molecule has 0 saturated heterocycles. The third kappa shape index (κ3) is 6.16. The largest absolute Gasteiger partial charge is 0.313 e. The van der Waals surface area contributed by atoms with E-state index in [1.807, 2.05) is 0 Å². The number of aromatic nitrogens is 1. The van der Waals surface area contributed by atoms with Crippen molar-refractivity contribution in [3.05, 3.63) is 258 Å². The van der Waals surface area contributed by atoms with Gasteiger partial charge in [0.05, 0.1) is 16.4 Å². The zero-order valence-corrected chi connectivity index (χ0v) is 36.0. The van der Waals surface area contributed by atoms with Crippen molar-refractivity contribution in [2.45, 2.75) is 31.6 Å². The van der Waals surface area contributed by atoms with Crippen molar-refractivity contribution in [1.29, 1.82) is 0 Å². The summed E-state index contributed by atoms with van der Waals surface area (Å²) in [5.41, 5.74) is 19.7. The molecule has 1 heterocycles. The summed E-state index contributed by atoms with van der Waals surface area (Å²) < 4.78 is 2.46. The average molecular weight is 821 g/mol. The number of fused-ring (bicyclic) bond motifs is 5. The molecule has 0 radical (unpaired) electrons. The summed E-state index contributed by atoms with van der Waals surface area (Å²) in [5.74, 6) is 0.470. The van der Waals surface area contributed by atoms with E-state index in [9.17, 15) is 0 Å². The topological polar surface area (TPSA) is 8.17 Å². The molecular formula is C62H48N2. The van der Waals surface area contributed by atoms with Crippen molar-refractivity contribution < 1.29 is 0 Å². The Balaban J connectivity index is 1.01. The maximum Gasteiger partial charge on any atom is 0.0710 e.